The predicted molar refractivity (Wildman–Crippen MR) is 96.8 cm³/mol. The van der Waals surface area contributed by atoms with Crippen molar-refractivity contribution in [3.8, 4) is 0 Å². The minimum absolute atomic E-state index is 0. The van der Waals surface area contributed by atoms with Crippen LogP contribution >= 0.6 is 35.7 Å². The van der Waals surface area contributed by atoms with Crippen LogP contribution < -0.4 is 0 Å². The highest BCUT2D eigenvalue weighted by molar-refractivity contribution is 14.0. The topological polar surface area (TPSA) is 18.8 Å². The third-order valence-corrected chi connectivity index (χ3v) is 3.54. The van der Waals surface area contributed by atoms with Crippen LogP contribution in [-0.4, -0.2) is 56.2 Å². The lowest BCUT2D eigenvalue weighted by Crippen LogP contribution is -2.35. The van der Waals surface area contributed by atoms with Gasteiger partial charge in [-0.15, -0.1) is 35.7 Å². The highest BCUT2D eigenvalue weighted by Crippen LogP contribution is 2.18. The van der Waals surface area contributed by atoms with Crippen LogP contribution in [0.4, 0.5) is 4.39 Å². The largest absolute Gasteiger partial charge is 0.349 e. The second kappa shape index (κ2) is 10.3. The van der Waals surface area contributed by atoms with Crippen LogP contribution in [0.25, 0.3) is 0 Å². The quantitative estimate of drug-likeness (QED) is 0.243. The molecule has 0 aliphatic rings. The van der Waals surface area contributed by atoms with Gasteiger partial charge in [-0.25, -0.2) is 4.39 Å². The van der Waals surface area contributed by atoms with Crippen molar-refractivity contribution in [2.75, 3.05) is 40.5 Å². The summed E-state index contributed by atoms with van der Waals surface area (Å²) in [6, 6.07) is 6.62. The second-order valence-electron chi connectivity index (χ2n) is 4.63. The first-order valence-corrected chi connectivity index (χ1v) is 7.26. The van der Waals surface area contributed by atoms with E-state index in [-0.39, 0.29) is 29.8 Å². The minimum atomic E-state index is -0.185. The van der Waals surface area contributed by atoms with Crippen molar-refractivity contribution in [3.63, 3.8) is 0 Å². The SMILES string of the molecule is CN(C)C(=NCCCSc1ccc(F)cc1)N(C)C.I. The number of guanidine groups is 1. The van der Waals surface area contributed by atoms with E-state index in [4.69, 9.17) is 0 Å². The molecule has 3 nitrogen and oxygen atoms in total. The Morgan fingerprint density at radius 3 is 2.15 bits per heavy atom. The zero-order chi connectivity index (χ0) is 14.3. The molecule has 0 amide bonds. The molecule has 0 spiro atoms. The van der Waals surface area contributed by atoms with Gasteiger partial charge in [-0.1, -0.05) is 0 Å². The van der Waals surface area contributed by atoms with Gasteiger partial charge in [0.25, 0.3) is 0 Å². The number of nitrogens with zero attached hydrogens (tertiary/aromatic N) is 3. The van der Waals surface area contributed by atoms with Gasteiger partial charge in [-0.3, -0.25) is 4.99 Å². The van der Waals surface area contributed by atoms with E-state index in [1.165, 1.54) is 12.1 Å². The van der Waals surface area contributed by atoms with Gasteiger partial charge in [0.05, 0.1) is 0 Å². The molecular weight excluding hydrogens is 388 g/mol. The van der Waals surface area contributed by atoms with Crippen LogP contribution in [0.1, 0.15) is 6.42 Å². The number of aliphatic imine (C=N–C) groups is 1. The Bertz CT molecular complexity index is 397. The molecule has 0 radical (unpaired) electrons. The molecule has 0 unspecified atom stereocenters. The second-order valence-corrected chi connectivity index (χ2v) is 5.79. The zero-order valence-electron chi connectivity index (χ0n) is 12.5. The van der Waals surface area contributed by atoms with E-state index in [1.54, 1.807) is 11.8 Å². The molecule has 0 saturated heterocycles. The van der Waals surface area contributed by atoms with Crippen LogP contribution in [-0.2, 0) is 0 Å². The fourth-order valence-corrected chi connectivity index (χ4v) is 2.48. The lowest BCUT2D eigenvalue weighted by molar-refractivity contribution is 0.479. The van der Waals surface area contributed by atoms with Crippen molar-refractivity contribution < 1.29 is 4.39 Å². The average molecular weight is 411 g/mol. The Kier molecular flexibility index (Phi) is 10.0. The smallest absolute Gasteiger partial charge is 0.195 e. The maximum Gasteiger partial charge on any atom is 0.195 e. The Morgan fingerprint density at radius 2 is 1.65 bits per heavy atom. The van der Waals surface area contributed by atoms with Crippen LogP contribution in [0.3, 0.4) is 0 Å². The summed E-state index contributed by atoms with van der Waals surface area (Å²) in [6.45, 7) is 0.805. The third kappa shape index (κ3) is 7.33. The van der Waals surface area contributed by atoms with Crippen LogP contribution in [0, 0.1) is 5.82 Å². The van der Waals surface area contributed by atoms with E-state index in [2.05, 4.69) is 4.99 Å². The van der Waals surface area contributed by atoms with Crippen molar-refractivity contribution in [1.29, 1.82) is 0 Å². The maximum absolute atomic E-state index is 12.7. The molecule has 0 N–H and O–H groups in total. The van der Waals surface area contributed by atoms with Gasteiger partial charge in [0.15, 0.2) is 5.96 Å². The van der Waals surface area contributed by atoms with Gasteiger partial charge >= 0.3 is 0 Å². The molecule has 0 aliphatic heterocycles. The zero-order valence-corrected chi connectivity index (χ0v) is 15.6. The van der Waals surface area contributed by atoms with Crippen molar-refractivity contribution >= 4 is 41.7 Å². The van der Waals surface area contributed by atoms with Gasteiger partial charge in [-0.05, 0) is 36.4 Å². The van der Waals surface area contributed by atoms with Gasteiger partial charge in [0.2, 0.25) is 0 Å². The maximum atomic E-state index is 12.7. The summed E-state index contributed by atoms with van der Waals surface area (Å²) < 4.78 is 12.7. The summed E-state index contributed by atoms with van der Waals surface area (Å²) in [5, 5.41) is 0. The summed E-state index contributed by atoms with van der Waals surface area (Å²) in [5.41, 5.74) is 0. The van der Waals surface area contributed by atoms with Crippen LogP contribution in [0.15, 0.2) is 34.2 Å². The Balaban J connectivity index is 0.00000361. The summed E-state index contributed by atoms with van der Waals surface area (Å²) in [5.74, 6) is 1.78. The summed E-state index contributed by atoms with van der Waals surface area (Å²) in [4.78, 5) is 9.68. The number of benzene rings is 1. The van der Waals surface area contributed by atoms with E-state index < -0.39 is 0 Å². The van der Waals surface area contributed by atoms with Crippen molar-refractivity contribution in [3.05, 3.63) is 30.1 Å². The standard InChI is InChI=1S/C14H22FN3S.HI/c1-17(2)14(18(3)4)16-10-5-11-19-13-8-6-12(15)7-9-13;/h6-9H,5,10-11H2,1-4H3;1H. The molecule has 0 aliphatic carbocycles. The first kappa shape index (κ1) is 19.5. The van der Waals surface area contributed by atoms with Gasteiger partial charge in [0, 0.05) is 39.6 Å². The number of hydrogen-bond donors (Lipinski definition) is 0. The van der Waals surface area contributed by atoms with E-state index in [0.29, 0.717) is 0 Å². The fourth-order valence-electron chi connectivity index (χ4n) is 1.65. The van der Waals surface area contributed by atoms with E-state index >= 15 is 0 Å². The van der Waals surface area contributed by atoms with Crippen molar-refractivity contribution in [2.45, 2.75) is 11.3 Å². The molecule has 0 heterocycles. The third-order valence-electron chi connectivity index (χ3n) is 2.44. The van der Waals surface area contributed by atoms with Crippen molar-refractivity contribution in [2.24, 2.45) is 4.99 Å². The summed E-state index contributed by atoms with van der Waals surface area (Å²) in [7, 11) is 7.97. The van der Waals surface area contributed by atoms with E-state index in [1.807, 2.05) is 50.1 Å². The molecule has 1 aromatic carbocycles. The van der Waals surface area contributed by atoms with Gasteiger partial charge < -0.3 is 9.80 Å². The molecule has 1 rings (SSSR count). The van der Waals surface area contributed by atoms with E-state index in [0.717, 1.165) is 29.6 Å². The Labute approximate surface area is 142 Å². The highest BCUT2D eigenvalue weighted by Gasteiger charge is 2.03. The fraction of sp³-hybridized carbons (Fsp3) is 0.500. The number of hydrogen-bond acceptors (Lipinski definition) is 2. The average Bonchev–Trinajstić information content (AvgIpc) is 2.34. The highest BCUT2D eigenvalue weighted by atomic mass is 127. The van der Waals surface area contributed by atoms with Gasteiger partial charge in [-0.2, -0.15) is 0 Å². The molecule has 0 bridgehead atoms. The summed E-state index contributed by atoms with van der Waals surface area (Å²) >= 11 is 1.73. The Hall–Kier alpha value is -0.500. The molecule has 114 valence electrons. The first-order chi connectivity index (χ1) is 9.00. The molecule has 0 aromatic heterocycles. The number of rotatable bonds is 5. The van der Waals surface area contributed by atoms with E-state index in [9.17, 15) is 4.39 Å². The summed E-state index contributed by atoms with van der Waals surface area (Å²) in [6.07, 6.45) is 1.01. The monoisotopic (exact) mass is 411 g/mol. The molecule has 1 aromatic rings. The first-order valence-electron chi connectivity index (χ1n) is 6.28. The van der Waals surface area contributed by atoms with Crippen LogP contribution in [0.5, 0.6) is 0 Å². The number of thioether (sulfide) groups is 1. The molecular formula is C14H23FIN3S. The molecule has 0 saturated carbocycles. The minimum Gasteiger partial charge on any atom is -0.349 e. The molecule has 0 fully saturated rings. The Morgan fingerprint density at radius 1 is 1.10 bits per heavy atom. The van der Waals surface area contributed by atoms with Crippen LogP contribution in [0.2, 0.25) is 0 Å². The lowest BCUT2D eigenvalue weighted by Gasteiger charge is -2.22. The lowest BCUT2D eigenvalue weighted by atomic mass is 10.4. The van der Waals surface area contributed by atoms with Crippen molar-refractivity contribution in [1.82, 2.24) is 9.80 Å². The molecule has 6 heteroatoms. The predicted octanol–water partition coefficient (Wildman–Crippen LogP) is 3.41. The molecule has 20 heavy (non-hydrogen) atoms. The molecule has 0 atom stereocenters. The van der Waals surface area contributed by atoms with Gasteiger partial charge in [0.1, 0.15) is 5.82 Å². The normalized spacial score (nSPS) is 9.65. The number of halogens is 2.